The largest absolute Gasteiger partial charge is 0.493 e. The van der Waals surface area contributed by atoms with Crippen LogP contribution in [-0.2, 0) is 14.8 Å². The molecule has 1 aromatic heterocycles. The van der Waals surface area contributed by atoms with E-state index in [1.54, 1.807) is 6.07 Å². The molecule has 1 aliphatic rings. The zero-order valence-corrected chi connectivity index (χ0v) is 26.4. The minimum absolute atomic E-state index is 0.0250. The number of aromatic nitrogens is 1. The van der Waals surface area contributed by atoms with Gasteiger partial charge in [0.25, 0.3) is 11.5 Å². The average molecular weight is 685 g/mol. The highest BCUT2D eigenvalue weighted by molar-refractivity contribution is 7.89. The minimum Gasteiger partial charge on any atom is -0.493 e. The Balaban J connectivity index is 1.61. The monoisotopic (exact) mass is 684 g/mol. The van der Waals surface area contributed by atoms with Crippen molar-refractivity contribution in [2.75, 3.05) is 25.5 Å². The molecule has 1 N–H and O–H groups in total. The summed E-state index contributed by atoms with van der Waals surface area (Å²) < 4.78 is 78.6. The summed E-state index contributed by atoms with van der Waals surface area (Å²) in [4.78, 5) is 27.2. The van der Waals surface area contributed by atoms with Gasteiger partial charge in [-0.05, 0) is 66.9 Å². The second kappa shape index (κ2) is 14.2. The molecule has 47 heavy (non-hydrogen) atoms. The first-order chi connectivity index (χ1) is 22.5. The number of nitrogens with zero attached hydrogens (tertiary/aromatic N) is 3. The van der Waals surface area contributed by atoms with E-state index in [0.29, 0.717) is 18.7 Å². The lowest BCUT2D eigenvalue weighted by Crippen LogP contribution is -2.35. The Kier molecular flexibility index (Phi) is 10.1. The molecule has 0 atom stereocenters. The summed E-state index contributed by atoms with van der Waals surface area (Å²) in [5.41, 5.74) is -1.13. The Hall–Kier alpha value is -4.91. The van der Waals surface area contributed by atoms with Gasteiger partial charge in [-0.15, -0.1) is 11.3 Å². The molecule has 0 bridgehead atoms. The Bertz CT molecular complexity index is 2150. The zero-order chi connectivity index (χ0) is 33.7. The first-order valence-electron chi connectivity index (χ1n) is 14.2. The van der Waals surface area contributed by atoms with E-state index in [1.165, 1.54) is 78.2 Å². The number of nitrogens with one attached hydrogen (secondary N) is 1. The third-order valence-corrected chi connectivity index (χ3v) is 10.2. The third-order valence-electron chi connectivity index (χ3n) is 7.22. The molecule has 0 spiro atoms. The standard InChI is InChI=1S/C32H27F3N4O6S2/c1-44-27-16-20(12-13-26(27)45-32(34)35)17-28-30(41)39(25-11-4-3-10-24(25)33)31(46-28)23(19-36)29(40)37-21-8-7-9-22(18-21)47(42,43)38-14-5-2-6-15-38/h3-4,7-13,16-18,32H,2,5-6,14-15H2,1H3,(H,37,40). The van der Waals surface area contributed by atoms with E-state index in [-0.39, 0.29) is 37.0 Å². The summed E-state index contributed by atoms with van der Waals surface area (Å²) in [5.74, 6) is -2.05. The van der Waals surface area contributed by atoms with Crippen LogP contribution in [0.4, 0.5) is 18.9 Å². The number of alkyl halides is 2. The Morgan fingerprint density at radius 1 is 1.04 bits per heavy atom. The molecule has 244 valence electrons. The summed E-state index contributed by atoms with van der Waals surface area (Å²) in [6, 6.07) is 16.6. The fourth-order valence-electron chi connectivity index (χ4n) is 5.00. The molecule has 0 radical (unpaired) electrons. The number of benzene rings is 3. The van der Waals surface area contributed by atoms with Crippen molar-refractivity contribution in [1.82, 2.24) is 8.87 Å². The maximum Gasteiger partial charge on any atom is 0.387 e. The lowest BCUT2D eigenvalue weighted by Gasteiger charge is -2.26. The highest BCUT2D eigenvalue weighted by Gasteiger charge is 2.26. The van der Waals surface area contributed by atoms with Crippen molar-refractivity contribution in [3.8, 4) is 23.3 Å². The number of sulfonamides is 1. The molecule has 1 aliphatic heterocycles. The smallest absolute Gasteiger partial charge is 0.387 e. The van der Waals surface area contributed by atoms with Gasteiger partial charge in [0, 0.05) is 18.8 Å². The molecule has 1 fully saturated rings. The number of methoxy groups -OCH3 is 1. The SMILES string of the molecule is COc1cc(C=c2sc(=C(C#N)C(=O)Nc3cccc(S(=O)(=O)N4CCCCC4)c3)n(-c3ccccc3F)c2=O)ccc1OC(F)F. The van der Waals surface area contributed by atoms with Crippen LogP contribution in [0.15, 0.2) is 76.4 Å². The summed E-state index contributed by atoms with van der Waals surface area (Å²) >= 11 is 0.724. The average Bonchev–Trinajstić information content (AvgIpc) is 3.37. The maximum absolute atomic E-state index is 15.0. The van der Waals surface area contributed by atoms with Crippen LogP contribution in [0.1, 0.15) is 24.8 Å². The Labute approximate surface area is 271 Å². The predicted molar refractivity (Wildman–Crippen MR) is 169 cm³/mol. The van der Waals surface area contributed by atoms with E-state index in [2.05, 4.69) is 10.1 Å². The number of nitriles is 1. The molecule has 4 aromatic rings. The van der Waals surface area contributed by atoms with Gasteiger partial charge in [-0.25, -0.2) is 12.8 Å². The third kappa shape index (κ3) is 7.25. The maximum atomic E-state index is 15.0. The van der Waals surface area contributed by atoms with Gasteiger partial charge in [-0.2, -0.15) is 18.3 Å². The molecule has 10 nitrogen and oxygen atoms in total. The number of amides is 1. The van der Waals surface area contributed by atoms with Crippen molar-refractivity contribution in [1.29, 1.82) is 5.26 Å². The summed E-state index contributed by atoms with van der Waals surface area (Å²) in [7, 11) is -2.58. The highest BCUT2D eigenvalue weighted by atomic mass is 32.2. The number of para-hydroxylation sites is 1. The lowest BCUT2D eigenvalue weighted by atomic mass is 10.2. The van der Waals surface area contributed by atoms with Crippen molar-refractivity contribution < 1.29 is 35.9 Å². The van der Waals surface area contributed by atoms with Crippen molar-refractivity contribution in [2.45, 2.75) is 30.8 Å². The van der Waals surface area contributed by atoms with E-state index in [9.17, 15) is 32.0 Å². The molecule has 15 heteroatoms. The lowest BCUT2D eigenvalue weighted by molar-refractivity contribution is -0.111. The van der Waals surface area contributed by atoms with Crippen molar-refractivity contribution in [3.05, 3.63) is 97.7 Å². The Morgan fingerprint density at radius 2 is 1.79 bits per heavy atom. The Morgan fingerprint density at radius 3 is 2.47 bits per heavy atom. The number of halogens is 3. The van der Waals surface area contributed by atoms with Crippen molar-refractivity contribution >= 4 is 44.6 Å². The van der Waals surface area contributed by atoms with Crippen LogP contribution in [0.3, 0.4) is 0 Å². The summed E-state index contributed by atoms with van der Waals surface area (Å²) in [6.07, 6.45) is 3.79. The normalized spacial score (nSPS) is 14.9. The fraction of sp³-hybridized carbons (Fsp3) is 0.219. The second-order valence-electron chi connectivity index (χ2n) is 10.2. The quantitative estimate of drug-likeness (QED) is 0.283. The zero-order valence-electron chi connectivity index (χ0n) is 24.8. The molecular formula is C32H27F3N4O6S2. The van der Waals surface area contributed by atoms with Crippen LogP contribution >= 0.6 is 11.3 Å². The molecule has 1 amide bonds. The van der Waals surface area contributed by atoms with Crippen LogP contribution in [0, 0.1) is 17.1 Å². The highest BCUT2D eigenvalue weighted by Crippen LogP contribution is 2.29. The van der Waals surface area contributed by atoms with Gasteiger partial charge in [-0.1, -0.05) is 30.7 Å². The number of thiazole rings is 1. The topological polar surface area (TPSA) is 131 Å². The van der Waals surface area contributed by atoms with Crippen molar-refractivity contribution in [2.24, 2.45) is 0 Å². The van der Waals surface area contributed by atoms with E-state index in [1.807, 2.05) is 0 Å². The van der Waals surface area contributed by atoms with Gasteiger partial charge in [0.15, 0.2) is 17.1 Å². The molecule has 2 heterocycles. The number of carbonyl (C=O) groups excluding carboxylic acids is 1. The molecule has 0 aliphatic carbocycles. The summed E-state index contributed by atoms with van der Waals surface area (Å²) in [6.45, 7) is -2.33. The second-order valence-corrected chi connectivity index (χ2v) is 13.2. The molecule has 5 rings (SSSR count). The molecule has 1 saturated heterocycles. The summed E-state index contributed by atoms with van der Waals surface area (Å²) in [5, 5.41) is 12.7. The number of anilines is 1. The van der Waals surface area contributed by atoms with E-state index < -0.39 is 39.5 Å². The van der Waals surface area contributed by atoms with E-state index in [4.69, 9.17) is 4.74 Å². The molecule has 0 unspecified atom stereocenters. The van der Waals surface area contributed by atoms with Gasteiger partial charge in [0.2, 0.25) is 10.0 Å². The molecular weight excluding hydrogens is 658 g/mol. The molecule has 3 aromatic carbocycles. The number of rotatable bonds is 9. The van der Waals surface area contributed by atoms with Crippen LogP contribution < -0.4 is 29.5 Å². The van der Waals surface area contributed by atoms with Gasteiger partial charge in [0.1, 0.15) is 16.5 Å². The van der Waals surface area contributed by atoms with Gasteiger partial charge >= 0.3 is 6.61 Å². The van der Waals surface area contributed by atoms with Crippen LogP contribution in [0.5, 0.6) is 11.5 Å². The van der Waals surface area contributed by atoms with E-state index in [0.717, 1.165) is 41.2 Å². The number of carbonyl (C=O) groups is 1. The van der Waals surface area contributed by atoms with Crippen LogP contribution in [0.2, 0.25) is 0 Å². The number of hydrogen-bond acceptors (Lipinski definition) is 8. The minimum atomic E-state index is -3.82. The van der Waals surface area contributed by atoms with Crippen LogP contribution in [0.25, 0.3) is 17.3 Å². The van der Waals surface area contributed by atoms with Gasteiger partial charge < -0.3 is 14.8 Å². The fourth-order valence-corrected chi connectivity index (χ4v) is 7.66. The van der Waals surface area contributed by atoms with Crippen LogP contribution in [-0.4, -0.2) is 50.0 Å². The van der Waals surface area contributed by atoms with Gasteiger partial charge in [0.05, 0.1) is 22.2 Å². The number of hydrogen-bond donors (Lipinski definition) is 1. The number of piperidine rings is 1. The first-order valence-corrected chi connectivity index (χ1v) is 16.5. The molecule has 0 saturated carbocycles. The first kappa shape index (κ1) is 33.5. The van der Waals surface area contributed by atoms with E-state index >= 15 is 4.39 Å². The van der Waals surface area contributed by atoms with Gasteiger partial charge in [-0.3, -0.25) is 14.2 Å². The number of ether oxygens (including phenoxy) is 2. The predicted octanol–water partition coefficient (Wildman–Crippen LogP) is 3.96. The van der Waals surface area contributed by atoms with Crippen molar-refractivity contribution in [3.63, 3.8) is 0 Å².